The molecule has 3 rings (SSSR count). The smallest absolute Gasteiger partial charge is 0.476 e. The molecule has 23 heavy (non-hydrogen) atoms. The lowest BCUT2D eigenvalue weighted by atomic mass is 10.0. The number of ether oxygens (including phenoxy) is 2. The minimum Gasteiger partial charge on any atom is -0.476 e. The van der Waals surface area contributed by atoms with Crippen LogP contribution in [0.4, 0.5) is 13.2 Å². The topological polar surface area (TPSA) is 56.5 Å². The molecule has 8 heteroatoms. The summed E-state index contributed by atoms with van der Waals surface area (Å²) in [7, 11) is 0. The highest BCUT2D eigenvalue weighted by molar-refractivity contribution is 5.40. The van der Waals surface area contributed by atoms with Crippen molar-refractivity contribution >= 4 is 0 Å². The van der Waals surface area contributed by atoms with Crippen molar-refractivity contribution in [3.05, 3.63) is 42.6 Å². The number of benzene rings is 1. The summed E-state index contributed by atoms with van der Waals surface area (Å²) in [6.45, 7) is 1.49. The van der Waals surface area contributed by atoms with Gasteiger partial charge in [-0.25, -0.2) is 4.98 Å². The first-order valence-electron chi connectivity index (χ1n) is 7.14. The summed E-state index contributed by atoms with van der Waals surface area (Å²) in [6.07, 6.45) is -1.67. The van der Waals surface area contributed by atoms with Gasteiger partial charge in [0.05, 0.1) is 6.20 Å². The van der Waals surface area contributed by atoms with E-state index < -0.39 is 12.5 Å². The fourth-order valence-electron chi connectivity index (χ4n) is 2.55. The molecule has 2 aromatic rings. The monoisotopic (exact) mass is 328 g/mol. The Morgan fingerprint density at radius 2 is 2.04 bits per heavy atom. The standard InChI is InChI=1S/C15H15F3N2O3/c16-15(17,18)23-12-4-2-1-3-11(12)22-13(10-5-6-19-9-10)14-20-7-8-21-14/h1-4,7-8,10,13,19H,5-6,9H2. The zero-order valence-corrected chi connectivity index (χ0v) is 12.0. The molecule has 1 aromatic carbocycles. The molecule has 124 valence electrons. The predicted molar refractivity (Wildman–Crippen MR) is 74.0 cm³/mol. The lowest BCUT2D eigenvalue weighted by Gasteiger charge is -2.23. The van der Waals surface area contributed by atoms with Crippen LogP contribution >= 0.6 is 0 Å². The minimum absolute atomic E-state index is 0.0000694. The Kier molecular flexibility index (Phi) is 4.42. The third-order valence-corrected chi connectivity index (χ3v) is 3.55. The number of para-hydroxylation sites is 2. The summed E-state index contributed by atoms with van der Waals surface area (Å²) in [4.78, 5) is 4.08. The van der Waals surface area contributed by atoms with Gasteiger partial charge in [0.1, 0.15) is 6.26 Å². The molecule has 5 nitrogen and oxygen atoms in total. The van der Waals surface area contributed by atoms with Crippen molar-refractivity contribution in [3.63, 3.8) is 0 Å². The maximum Gasteiger partial charge on any atom is 0.573 e. The molecule has 2 atom stereocenters. The van der Waals surface area contributed by atoms with Crippen LogP contribution in [0.2, 0.25) is 0 Å². The molecule has 1 N–H and O–H groups in total. The molecule has 0 bridgehead atoms. The van der Waals surface area contributed by atoms with Crippen LogP contribution < -0.4 is 14.8 Å². The second kappa shape index (κ2) is 6.49. The molecular weight excluding hydrogens is 313 g/mol. The summed E-state index contributed by atoms with van der Waals surface area (Å²) < 4.78 is 52.7. The number of hydrogen-bond acceptors (Lipinski definition) is 5. The molecule has 0 amide bonds. The molecule has 2 heterocycles. The molecule has 0 aliphatic carbocycles. The van der Waals surface area contributed by atoms with E-state index in [1.807, 2.05) is 0 Å². The highest BCUT2D eigenvalue weighted by Crippen LogP contribution is 2.37. The number of nitrogens with one attached hydrogen (secondary N) is 1. The largest absolute Gasteiger partial charge is 0.573 e. The molecule has 1 saturated heterocycles. The van der Waals surface area contributed by atoms with E-state index in [2.05, 4.69) is 15.0 Å². The Bertz CT molecular complexity index is 625. The van der Waals surface area contributed by atoms with Crippen LogP contribution in [0.3, 0.4) is 0 Å². The third-order valence-electron chi connectivity index (χ3n) is 3.55. The van der Waals surface area contributed by atoms with E-state index >= 15 is 0 Å². The van der Waals surface area contributed by atoms with Crippen molar-refractivity contribution in [1.29, 1.82) is 0 Å². The fraction of sp³-hybridized carbons (Fsp3) is 0.400. The number of halogens is 3. The average Bonchev–Trinajstić information content (AvgIpc) is 3.18. The highest BCUT2D eigenvalue weighted by Gasteiger charge is 2.35. The van der Waals surface area contributed by atoms with Gasteiger partial charge in [0.15, 0.2) is 17.6 Å². The second-order valence-corrected chi connectivity index (χ2v) is 5.16. The third kappa shape index (κ3) is 3.95. The molecule has 0 saturated carbocycles. The van der Waals surface area contributed by atoms with Gasteiger partial charge in [0.25, 0.3) is 0 Å². The van der Waals surface area contributed by atoms with Gasteiger partial charge in [-0.05, 0) is 25.1 Å². The number of rotatable bonds is 5. The van der Waals surface area contributed by atoms with Gasteiger partial charge in [-0.3, -0.25) is 0 Å². The van der Waals surface area contributed by atoms with Crippen molar-refractivity contribution in [3.8, 4) is 11.5 Å². The Labute approximate surface area is 130 Å². The van der Waals surface area contributed by atoms with E-state index in [9.17, 15) is 13.2 Å². The second-order valence-electron chi connectivity index (χ2n) is 5.16. The number of aromatic nitrogens is 1. The summed E-state index contributed by atoms with van der Waals surface area (Å²) in [5.74, 6) is -0.00413. The van der Waals surface area contributed by atoms with Crippen LogP contribution in [0.25, 0.3) is 0 Å². The van der Waals surface area contributed by atoms with Crippen LogP contribution in [0.5, 0.6) is 11.5 Å². The number of nitrogens with zero attached hydrogens (tertiary/aromatic N) is 1. The Hall–Kier alpha value is -2.22. The van der Waals surface area contributed by atoms with Crippen molar-refractivity contribution in [2.75, 3.05) is 13.1 Å². The lowest BCUT2D eigenvalue weighted by molar-refractivity contribution is -0.275. The fourth-order valence-corrected chi connectivity index (χ4v) is 2.55. The summed E-state index contributed by atoms with van der Waals surface area (Å²) >= 11 is 0. The molecule has 1 fully saturated rings. The van der Waals surface area contributed by atoms with Gasteiger partial charge in [0.2, 0.25) is 5.89 Å². The lowest BCUT2D eigenvalue weighted by Crippen LogP contribution is -2.23. The maximum atomic E-state index is 12.5. The van der Waals surface area contributed by atoms with Crippen molar-refractivity contribution < 1.29 is 27.1 Å². The summed E-state index contributed by atoms with van der Waals surface area (Å²) in [5, 5.41) is 3.19. The van der Waals surface area contributed by atoms with Crippen molar-refractivity contribution in [1.82, 2.24) is 10.3 Å². The molecule has 1 aliphatic rings. The van der Waals surface area contributed by atoms with Crippen LogP contribution in [0, 0.1) is 5.92 Å². The SMILES string of the molecule is FC(F)(F)Oc1ccccc1OC(c1ncco1)C1CCNC1. The minimum atomic E-state index is -4.78. The molecule has 1 aromatic heterocycles. The Morgan fingerprint density at radius 3 is 2.65 bits per heavy atom. The quantitative estimate of drug-likeness (QED) is 0.913. The van der Waals surface area contributed by atoms with Crippen LogP contribution in [0.15, 0.2) is 41.1 Å². The summed E-state index contributed by atoms with van der Waals surface area (Å²) in [5.41, 5.74) is 0. The molecule has 0 radical (unpaired) electrons. The van der Waals surface area contributed by atoms with Crippen LogP contribution in [-0.4, -0.2) is 24.4 Å². The van der Waals surface area contributed by atoms with Gasteiger partial charge in [-0.2, -0.15) is 0 Å². The van der Waals surface area contributed by atoms with Crippen molar-refractivity contribution in [2.45, 2.75) is 18.9 Å². The van der Waals surface area contributed by atoms with Crippen LogP contribution in [0.1, 0.15) is 18.4 Å². The van der Waals surface area contributed by atoms with Gasteiger partial charge < -0.3 is 19.2 Å². The molecule has 0 spiro atoms. The van der Waals surface area contributed by atoms with E-state index in [1.165, 1.54) is 30.7 Å². The highest BCUT2D eigenvalue weighted by atomic mass is 19.4. The Balaban J connectivity index is 1.85. The first-order valence-corrected chi connectivity index (χ1v) is 7.14. The number of hydrogen-bond donors (Lipinski definition) is 1. The van der Waals surface area contributed by atoms with E-state index in [0.29, 0.717) is 12.4 Å². The van der Waals surface area contributed by atoms with Gasteiger partial charge in [0, 0.05) is 12.5 Å². The van der Waals surface area contributed by atoms with E-state index in [-0.39, 0.29) is 17.4 Å². The van der Waals surface area contributed by atoms with Crippen molar-refractivity contribution in [2.24, 2.45) is 5.92 Å². The first-order chi connectivity index (χ1) is 11.0. The average molecular weight is 328 g/mol. The maximum absolute atomic E-state index is 12.5. The predicted octanol–water partition coefficient (Wildman–Crippen LogP) is 3.30. The Morgan fingerprint density at radius 1 is 1.26 bits per heavy atom. The van der Waals surface area contributed by atoms with Gasteiger partial charge in [-0.1, -0.05) is 12.1 Å². The number of alkyl halides is 3. The molecule has 2 unspecified atom stereocenters. The zero-order chi connectivity index (χ0) is 16.3. The van der Waals surface area contributed by atoms with E-state index in [4.69, 9.17) is 9.15 Å². The zero-order valence-electron chi connectivity index (χ0n) is 12.0. The molecular formula is C15H15F3N2O3. The van der Waals surface area contributed by atoms with E-state index in [0.717, 1.165) is 13.0 Å². The first kappa shape index (κ1) is 15.7. The number of oxazole rings is 1. The molecule has 1 aliphatic heterocycles. The van der Waals surface area contributed by atoms with Gasteiger partial charge >= 0.3 is 6.36 Å². The van der Waals surface area contributed by atoms with Crippen LogP contribution in [-0.2, 0) is 0 Å². The normalized spacial score (nSPS) is 19.5. The summed E-state index contributed by atoms with van der Waals surface area (Å²) in [6, 6.07) is 5.67. The van der Waals surface area contributed by atoms with E-state index in [1.54, 1.807) is 6.07 Å². The van der Waals surface area contributed by atoms with Gasteiger partial charge in [-0.15, -0.1) is 13.2 Å².